The number of carbonyl (C=O) groups excluding carboxylic acids is 2. The van der Waals surface area contributed by atoms with Crippen molar-refractivity contribution in [2.24, 2.45) is 0 Å². The molecule has 0 spiro atoms. The quantitative estimate of drug-likeness (QED) is 0.624. The summed E-state index contributed by atoms with van der Waals surface area (Å²) in [5.74, 6) is 1.30. The number of ether oxygens (including phenoxy) is 2. The fourth-order valence-electron chi connectivity index (χ4n) is 4.03. The van der Waals surface area contributed by atoms with Crippen LogP contribution >= 0.6 is 11.8 Å². The van der Waals surface area contributed by atoms with Gasteiger partial charge >= 0.3 is 0 Å². The molecule has 0 fully saturated rings. The van der Waals surface area contributed by atoms with Crippen molar-refractivity contribution in [2.75, 3.05) is 30.4 Å². The fraction of sp³-hybridized carbons (Fsp3) is 0.292. The molecule has 2 aliphatic heterocycles. The van der Waals surface area contributed by atoms with E-state index in [-0.39, 0.29) is 30.2 Å². The summed E-state index contributed by atoms with van der Waals surface area (Å²) in [5, 5.41) is 8.51. The Kier molecular flexibility index (Phi) is 5.72. The zero-order valence-electron chi connectivity index (χ0n) is 18.4. The fourth-order valence-corrected chi connectivity index (χ4v) is 5.10. The average molecular weight is 465 g/mol. The number of hydrogen-bond donors (Lipinski definition) is 1. The third kappa shape index (κ3) is 4.16. The Hall–Kier alpha value is -3.46. The van der Waals surface area contributed by atoms with E-state index in [0.29, 0.717) is 36.1 Å². The van der Waals surface area contributed by atoms with Crippen LogP contribution < -0.4 is 19.7 Å². The van der Waals surface area contributed by atoms with Gasteiger partial charge in [0.05, 0.1) is 28.9 Å². The molecule has 2 aromatic carbocycles. The van der Waals surface area contributed by atoms with E-state index in [4.69, 9.17) is 9.47 Å². The van der Waals surface area contributed by atoms with E-state index in [1.807, 2.05) is 67.1 Å². The molecule has 0 aliphatic carbocycles. The van der Waals surface area contributed by atoms with Crippen molar-refractivity contribution in [1.82, 2.24) is 15.1 Å². The third-order valence-corrected chi connectivity index (χ3v) is 6.67. The molecule has 1 N–H and O–H groups in total. The van der Waals surface area contributed by atoms with Gasteiger partial charge < -0.3 is 14.8 Å². The number of nitrogens with one attached hydrogen (secondary N) is 1. The number of aryl methyl sites for hydroxylation is 1. The highest BCUT2D eigenvalue weighted by Gasteiger charge is 2.33. The normalized spacial score (nSPS) is 15.7. The SMILES string of the molecule is Cc1nn(-c2ccccc2)c2c1N(CC(=O)NC(C)c1ccc3c(c1)OCCO3)C(=O)CS2. The zero-order valence-corrected chi connectivity index (χ0v) is 19.2. The van der Waals surface area contributed by atoms with Crippen LogP contribution in [0, 0.1) is 6.92 Å². The van der Waals surface area contributed by atoms with Crippen LogP contribution in [0.25, 0.3) is 5.69 Å². The molecule has 5 rings (SSSR count). The second-order valence-corrected chi connectivity index (χ2v) is 8.91. The lowest BCUT2D eigenvalue weighted by Gasteiger charge is -2.27. The number of benzene rings is 2. The summed E-state index contributed by atoms with van der Waals surface area (Å²) in [6.07, 6.45) is 0. The van der Waals surface area contributed by atoms with Crippen molar-refractivity contribution in [3.63, 3.8) is 0 Å². The van der Waals surface area contributed by atoms with E-state index in [0.717, 1.165) is 16.3 Å². The standard InChI is InChI=1S/C24H24N4O4S/c1-15(17-8-9-19-20(12-17)32-11-10-31-19)25-21(29)13-27-22(30)14-33-24-23(27)16(2)26-28(24)18-6-4-3-5-7-18/h3-9,12,15H,10-11,13-14H2,1-2H3,(H,25,29). The number of rotatable bonds is 5. The summed E-state index contributed by atoms with van der Waals surface area (Å²) in [4.78, 5) is 27.2. The zero-order chi connectivity index (χ0) is 22.9. The van der Waals surface area contributed by atoms with Gasteiger partial charge in [-0.25, -0.2) is 4.68 Å². The predicted molar refractivity (Wildman–Crippen MR) is 125 cm³/mol. The molecule has 2 amide bonds. The largest absolute Gasteiger partial charge is 0.486 e. The lowest BCUT2D eigenvalue weighted by atomic mass is 10.1. The second-order valence-electron chi connectivity index (χ2n) is 7.95. The van der Waals surface area contributed by atoms with Gasteiger partial charge in [-0.1, -0.05) is 36.0 Å². The van der Waals surface area contributed by atoms with E-state index in [9.17, 15) is 9.59 Å². The maximum atomic E-state index is 12.9. The Morgan fingerprint density at radius 1 is 1.15 bits per heavy atom. The summed E-state index contributed by atoms with van der Waals surface area (Å²) in [5.41, 5.74) is 3.23. The molecule has 3 aromatic rings. The number of aromatic nitrogens is 2. The lowest BCUT2D eigenvalue weighted by molar-refractivity contribution is -0.123. The lowest BCUT2D eigenvalue weighted by Crippen LogP contribution is -2.44. The summed E-state index contributed by atoms with van der Waals surface area (Å²) >= 11 is 1.45. The van der Waals surface area contributed by atoms with Gasteiger partial charge in [0.2, 0.25) is 11.8 Å². The van der Waals surface area contributed by atoms with Crippen molar-refractivity contribution in [1.29, 1.82) is 0 Å². The highest BCUT2D eigenvalue weighted by molar-refractivity contribution is 8.00. The van der Waals surface area contributed by atoms with Crippen LogP contribution in [0.3, 0.4) is 0 Å². The molecule has 1 aromatic heterocycles. The molecule has 0 bridgehead atoms. The Labute approximate surface area is 195 Å². The van der Waals surface area contributed by atoms with Gasteiger partial charge in [0, 0.05) is 0 Å². The molecule has 9 heteroatoms. The monoisotopic (exact) mass is 464 g/mol. The van der Waals surface area contributed by atoms with E-state index < -0.39 is 0 Å². The summed E-state index contributed by atoms with van der Waals surface area (Å²) in [6.45, 7) is 4.73. The molecule has 1 unspecified atom stereocenters. The van der Waals surface area contributed by atoms with Gasteiger partial charge in [0.25, 0.3) is 0 Å². The van der Waals surface area contributed by atoms with Crippen molar-refractivity contribution >= 4 is 29.3 Å². The first-order chi connectivity index (χ1) is 16.0. The first-order valence-electron chi connectivity index (χ1n) is 10.8. The Bertz CT molecular complexity index is 1210. The van der Waals surface area contributed by atoms with Gasteiger partial charge in [-0.2, -0.15) is 5.10 Å². The topological polar surface area (TPSA) is 85.7 Å². The number of carbonyl (C=O) groups is 2. The highest BCUT2D eigenvalue weighted by atomic mass is 32.2. The molecule has 8 nitrogen and oxygen atoms in total. The van der Waals surface area contributed by atoms with Gasteiger partial charge in [-0.15, -0.1) is 0 Å². The molecular weight excluding hydrogens is 440 g/mol. The van der Waals surface area contributed by atoms with Crippen LogP contribution in [0.2, 0.25) is 0 Å². The van der Waals surface area contributed by atoms with Crippen molar-refractivity contribution < 1.29 is 19.1 Å². The maximum absolute atomic E-state index is 12.9. The van der Waals surface area contributed by atoms with Crippen LogP contribution in [0.15, 0.2) is 53.6 Å². The first-order valence-corrected chi connectivity index (χ1v) is 11.8. The van der Waals surface area contributed by atoms with Gasteiger partial charge in [-0.3, -0.25) is 14.5 Å². The number of anilines is 1. The summed E-state index contributed by atoms with van der Waals surface area (Å²) in [6, 6.07) is 15.2. The third-order valence-electron chi connectivity index (χ3n) is 5.64. The van der Waals surface area contributed by atoms with E-state index in [1.54, 1.807) is 4.90 Å². The molecule has 0 saturated heterocycles. The summed E-state index contributed by atoms with van der Waals surface area (Å²) in [7, 11) is 0. The van der Waals surface area contributed by atoms with Crippen molar-refractivity contribution in [3.05, 3.63) is 59.8 Å². The molecule has 170 valence electrons. The van der Waals surface area contributed by atoms with Crippen LogP contribution in [-0.2, 0) is 9.59 Å². The molecule has 3 heterocycles. The molecule has 0 radical (unpaired) electrons. The van der Waals surface area contributed by atoms with Crippen LogP contribution in [-0.4, -0.2) is 47.1 Å². The number of amides is 2. The number of nitrogens with zero attached hydrogens (tertiary/aromatic N) is 3. The molecule has 0 saturated carbocycles. The number of thioether (sulfide) groups is 1. The van der Waals surface area contributed by atoms with E-state index in [2.05, 4.69) is 10.4 Å². The number of para-hydroxylation sites is 1. The average Bonchev–Trinajstić information content (AvgIpc) is 3.17. The molecular formula is C24H24N4O4S. The minimum Gasteiger partial charge on any atom is -0.486 e. The number of fused-ring (bicyclic) bond motifs is 2. The Balaban J connectivity index is 1.34. The Morgan fingerprint density at radius 3 is 2.70 bits per heavy atom. The Morgan fingerprint density at radius 2 is 1.91 bits per heavy atom. The maximum Gasteiger partial charge on any atom is 0.240 e. The molecule has 2 aliphatic rings. The van der Waals surface area contributed by atoms with Gasteiger partial charge in [-0.05, 0) is 43.7 Å². The molecule has 1 atom stereocenters. The van der Waals surface area contributed by atoms with Crippen LogP contribution in [0.1, 0.15) is 24.2 Å². The van der Waals surface area contributed by atoms with Crippen molar-refractivity contribution in [2.45, 2.75) is 24.9 Å². The second kappa shape index (κ2) is 8.82. The highest BCUT2D eigenvalue weighted by Crippen LogP contribution is 2.39. The van der Waals surface area contributed by atoms with Crippen LogP contribution in [0.5, 0.6) is 11.5 Å². The summed E-state index contributed by atoms with van der Waals surface area (Å²) < 4.78 is 13.0. The van der Waals surface area contributed by atoms with E-state index in [1.165, 1.54) is 11.8 Å². The van der Waals surface area contributed by atoms with E-state index >= 15 is 0 Å². The van der Waals surface area contributed by atoms with Crippen LogP contribution in [0.4, 0.5) is 5.69 Å². The number of hydrogen-bond acceptors (Lipinski definition) is 6. The van der Waals surface area contributed by atoms with Gasteiger partial charge in [0.1, 0.15) is 24.8 Å². The minimum absolute atomic E-state index is 0.0669. The first kappa shape index (κ1) is 21.4. The molecule has 33 heavy (non-hydrogen) atoms. The minimum atomic E-state index is -0.254. The predicted octanol–water partition coefficient (Wildman–Crippen LogP) is 3.27. The van der Waals surface area contributed by atoms with Gasteiger partial charge in [0.15, 0.2) is 11.5 Å². The van der Waals surface area contributed by atoms with Crippen molar-refractivity contribution in [3.8, 4) is 17.2 Å². The smallest absolute Gasteiger partial charge is 0.240 e.